The fourth-order valence-electron chi connectivity index (χ4n) is 2.46. The Morgan fingerprint density at radius 2 is 1.73 bits per heavy atom. The number of nitrogens with one attached hydrogen (secondary N) is 1. The zero-order valence-corrected chi connectivity index (χ0v) is 15.6. The van der Waals surface area contributed by atoms with Gasteiger partial charge in [0.2, 0.25) is 5.91 Å². The second-order valence-electron chi connectivity index (χ2n) is 6.16. The summed E-state index contributed by atoms with van der Waals surface area (Å²) in [6.45, 7) is 3.32. The minimum Gasteiger partial charge on any atom is -0.351 e. The smallest absolute Gasteiger partial charge is 0.230 e. The number of nitrogens with zero attached hydrogens (tertiary/aromatic N) is 3. The molecule has 0 unspecified atom stereocenters. The zero-order chi connectivity index (χ0) is 18.2. The minimum atomic E-state index is 0.0637. The molecule has 0 bridgehead atoms. The normalized spacial score (nSPS) is 10.7. The second kappa shape index (κ2) is 9.20. The molecule has 0 atom stereocenters. The molecule has 0 spiro atoms. The Morgan fingerprint density at radius 3 is 2.42 bits per heavy atom. The third-order valence-corrected chi connectivity index (χ3v) is 4.95. The van der Waals surface area contributed by atoms with E-state index in [4.69, 9.17) is 0 Å². The maximum atomic E-state index is 12.0. The molecule has 26 heavy (non-hydrogen) atoms. The number of carbonyl (C=O) groups excluding carboxylic acids is 1. The van der Waals surface area contributed by atoms with Gasteiger partial charge in [0, 0.05) is 12.3 Å². The summed E-state index contributed by atoms with van der Waals surface area (Å²) in [5, 5.41) is 7.07. The van der Waals surface area contributed by atoms with Crippen molar-refractivity contribution in [1.82, 2.24) is 20.1 Å². The molecule has 0 aliphatic rings. The molecule has 0 aliphatic carbocycles. The molecule has 134 valence electrons. The molecule has 6 heteroatoms. The van der Waals surface area contributed by atoms with Gasteiger partial charge in [-0.1, -0.05) is 54.1 Å². The second-order valence-corrected chi connectivity index (χ2v) is 7.15. The molecule has 0 radical (unpaired) electrons. The van der Waals surface area contributed by atoms with Crippen molar-refractivity contribution >= 4 is 17.7 Å². The van der Waals surface area contributed by atoms with E-state index in [1.54, 1.807) is 22.8 Å². The average molecular weight is 366 g/mol. The molecule has 1 N–H and O–H groups in total. The van der Waals surface area contributed by atoms with Crippen molar-refractivity contribution in [2.24, 2.45) is 0 Å². The van der Waals surface area contributed by atoms with Crippen LogP contribution in [0.2, 0.25) is 0 Å². The lowest BCUT2D eigenvalue weighted by molar-refractivity contribution is -0.118. The first-order valence-corrected chi connectivity index (χ1v) is 9.65. The number of rotatable bonds is 8. The van der Waals surface area contributed by atoms with Gasteiger partial charge >= 0.3 is 0 Å². The Labute approximate surface area is 157 Å². The van der Waals surface area contributed by atoms with Crippen molar-refractivity contribution in [1.29, 1.82) is 0 Å². The minimum absolute atomic E-state index is 0.0637. The van der Waals surface area contributed by atoms with Crippen molar-refractivity contribution in [3.8, 4) is 0 Å². The molecular formula is C20H22N4OS. The first-order valence-electron chi connectivity index (χ1n) is 8.49. The Kier molecular flexibility index (Phi) is 6.44. The lowest BCUT2D eigenvalue weighted by Gasteiger charge is -2.07. The van der Waals surface area contributed by atoms with Crippen LogP contribution in [0.15, 0.2) is 61.2 Å². The van der Waals surface area contributed by atoms with Crippen molar-refractivity contribution < 1.29 is 4.79 Å². The highest BCUT2D eigenvalue weighted by Crippen LogP contribution is 2.13. The summed E-state index contributed by atoms with van der Waals surface area (Å²) >= 11 is 1.63. The number of benzene rings is 2. The van der Waals surface area contributed by atoms with Crippen LogP contribution in [0.3, 0.4) is 0 Å². The Morgan fingerprint density at radius 1 is 1.04 bits per heavy atom. The fraction of sp³-hybridized carbons (Fsp3) is 0.250. The monoisotopic (exact) mass is 366 g/mol. The number of aromatic nitrogens is 3. The molecular weight excluding hydrogens is 344 g/mol. The molecule has 0 saturated carbocycles. The summed E-state index contributed by atoms with van der Waals surface area (Å²) in [5.74, 6) is 1.39. The maximum Gasteiger partial charge on any atom is 0.230 e. The number of carbonyl (C=O) groups is 1. The van der Waals surface area contributed by atoms with E-state index in [2.05, 4.69) is 58.7 Å². The van der Waals surface area contributed by atoms with E-state index in [1.165, 1.54) is 17.5 Å². The third kappa shape index (κ3) is 5.74. The summed E-state index contributed by atoms with van der Waals surface area (Å²) < 4.78 is 1.78. The van der Waals surface area contributed by atoms with Gasteiger partial charge in [0.15, 0.2) is 0 Å². The van der Waals surface area contributed by atoms with E-state index >= 15 is 0 Å². The number of thioether (sulfide) groups is 1. The van der Waals surface area contributed by atoms with Crippen LogP contribution < -0.4 is 5.32 Å². The van der Waals surface area contributed by atoms with Crippen LogP contribution in [0, 0.1) is 6.92 Å². The average Bonchev–Trinajstić information content (AvgIpc) is 3.16. The number of hydrogen-bond donors (Lipinski definition) is 1. The molecule has 3 rings (SSSR count). The van der Waals surface area contributed by atoms with E-state index < -0.39 is 0 Å². The Bertz CT molecular complexity index is 814. The van der Waals surface area contributed by atoms with Crippen molar-refractivity contribution in [2.45, 2.75) is 25.8 Å². The number of amides is 1. The summed E-state index contributed by atoms with van der Waals surface area (Å²) in [7, 11) is 0. The van der Waals surface area contributed by atoms with Crippen LogP contribution in [-0.4, -0.2) is 26.4 Å². The van der Waals surface area contributed by atoms with Gasteiger partial charge in [0.1, 0.15) is 12.7 Å². The van der Waals surface area contributed by atoms with Crippen LogP contribution in [0.4, 0.5) is 0 Å². The van der Waals surface area contributed by atoms with Crippen LogP contribution in [0.1, 0.15) is 22.3 Å². The Balaban J connectivity index is 1.37. The molecule has 1 amide bonds. The molecule has 0 fully saturated rings. The van der Waals surface area contributed by atoms with Crippen molar-refractivity contribution in [3.05, 3.63) is 83.4 Å². The number of aryl methyl sites for hydroxylation is 1. The van der Waals surface area contributed by atoms with Gasteiger partial charge in [-0.2, -0.15) is 5.10 Å². The van der Waals surface area contributed by atoms with E-state index in [0.29, 0.717) is 18.8 Å². The Hall–Kier alpha value is -2.60. The van der Waals surface area contributed by atoms with Gasteiger partial charge < -0.3 is 5.32 Å². The largest absolute Gasteiger partial charge is 0.351 e. The third-order valence-electron chi connectivity index (χ3n) is 3.95. The van der Waals surface area contributed by atoms with Crippen LogP contribution in [0.25, 0.3) is 0 Å². The highest BCUT2D eigenvalue weighted by Gasteiger charge is 2.03. The topological polar surface area (TPSA) is 59.8 Å². The fourth-order valence-corrected chi connectivity index (χ4v) is 3.28. The molecule has 1 heterocycles. The quantitative estimate of drug-likeness (QED) is 0.665. The highest BCUT2D eigenvalue weighted by atomic mass is 32.2. The van der Waals surface area contributed by atoms with Crippen molar-refractivity contribution in [2.75, 3.05) is 5.75 Å². The highest BCUT2D eigenvalue weighted by molar-refractivity contribution is 7.99. The predicted octanol–water partition coefficient (Wildman–Crippen LogP) is 3.18. The van der Waals surface area contributed by atoms with Gasteiger partial charge in [-0.3, -0.25) is 4.79 Å². The first-order chi connectivity index (χ1) is 12.7. The first kappa shape index (κ1) is 18.2. The van der Waals surface area contributed by atoms with E-state index in [0.717, 1.165) is 16.9 Å². The van der Waals surface area contributed by atoms with Gasteiger partial charge in [0.05, 0.1) is 12.3 Å². The van der Waals surface area contributed by atoms with E-state index in [9.17, 15) is 4.79 Å². The maximum absolute atomic E-state index is 12.0. The molecule has 0 saturated heterocycles. The van der Waals surface area contributed by atoms with Gasteiger partial charge in [-0.25, -0.2) is 9.67 Å². The predicted molar refractivity (Wildman–Crippen MR) is 105 cm³/mol. The lowest BCUT2D eigenvalue weighted by atomic mass is 10.1. The molecule has 0 aliphatic heterocycles. The van der Waals surface area contributed by atoms with Gasteiger partial charge in [-0.05, 0) is 23.6 Å². The molecule has 2 aromatic carbocycles. The van der Waals surface area contributed by atoms with Crippen LogP contribution >= 0.6 is 11.8 Å². The van der Waals surface area contributed by atoms with Crippen LogP contribution in [0.5, 0.6) is 0 Å². The number of hydrogen-bond acceptors (Lipinski definition) is 4. The molecule has 1 aromatic heterocycles. The molecule has 3 aromatic rings. The standard InChI is InChI=1S/C20H22N4OS/c1-16-2-4-19(5-3-16)12-26-13-20(25)22-10-17-6-8-18(9-7-17)11-24-15-21-14-23-24/h2-9,14-15H,10-13H2,1H3,(H,22,25). The van der Waals surface area contributed by atoms with Crippen LogP contribution in [-0.2, 0) is 23.6 Å². The van der Waals surface area contributed by atoms with E-state index in [-0.39, 0.29) is 5.91 Å². The van der Waals surface area contributed by atoms with Crippen molar-refractivity contribution in [3.63, 3.8) is 0 Å². The summed E-state index contributed by atoms with van der Waals surface area (Å²) in [6.07, 6.45) is 3.23. The summed E-state index contributed by atoms with van der Waals surface area (Å²) in [5.41, 5.74) is 4.74. The van der Waals surface area contributed by atoms with Gasteiger partial charge in [0.25, 0.3) is 0 Å². The summed E-state index contributed by atoms with van der Waals surface area (Å²) in [4.78, 5) is 15.9. The summed E-state index contributed by atoms with van der Waals surface area (Å²) in [6, 6.07) is 16.6. The van der Waals surface area contributed by atoms with Gasteiger partial charge in [-0.15, -0.1) is 11.8 Å². The lowest BCUT2D eigenvalue weighted by Crippen LogP contribution is -2.24. The zero-order valence-electron chi connectivity index (χ0n) is 14.8. The van der Waals surface area contributed by atoms with E-state index in [1.807, 2.05) is 12.1 Å². The SMILES string of the molecule is Cc1ccc(CSCC(=O)NCc2ccc(Cn3cncn3)cc2)cc1. The molecule has 5 nitrogen and oxygen atoms in total.